The highest BCUT2D eigenvalue weighted by Gasteiger charge is 2.28. The van der Waals surface area contributed by atoms with Crippen LogP contribution in [0.4, 0.5) is 0 Å². The predicted octanol–water partition coefficient (Wildman–Crippen LogP) is 3.13. The molecule has 1 saturated heterocycles. The lowest BCUT2D eigenvalue weighted by Crippen LogP contribution is -2.39. The molecule has 4 N–H and O–H groups in total. The lowest BCUT2D eigenvalue weighted by atomic mass is 10.0. The summed E-state index contributed by atoms with van der Waals surface area (Å²) in [4.78, 5) is 2.06. The summed E-state index contributed by atoms with van der Waals surface area (Å²) in [6.07, 6.45) is 2.84. The van der Waals surface area contributed by atoms with E-state index in [0.29, 0.717) is 32.0 Å². The molecule has 174 valence electrons. The van der Waals surface area contributed by atoms with Crippen LogP contribution in [0.25, 0.3) is 0 Å². The van der Waals surface area contributed by atoms with Gasteiger partial charge in [0, 0.05) is 25.2 Å². The first kappa shape index (κ1) is 24.2. The van der Waals surface area contributed by atoms with Crippen molar-refractivity contribution in [2.24, 2.45) is 5.73 Å². The van der Waals surface area contributed by atoms with Crippen LogP contribution in [0.2, 0.25) is 0 Å². The normalized spacial score (nSPS) is 15.0. The Bertz CT molecular complexity index is 1030. The van der Waals surface area contributed by atoms with Crippen LogP contribution in [-0.4, -0.2) is 61.3 Å². The lowest BCUT2D eigenvalue weighted by Gasteiger charge is -2.25. The number of nitrogens with two attached hydrogens (primary N) is 1. The fraction of sp³-hybridized carbons (Fsp3) is 0.458. The van der Waals surface area contributed by atoms with Gasteiger partial charge in [-0.2, -0.15) is 4.31 Å². The molecule has 0 bridgehead atoms. The molecule has 1 heterocycles. The average molecular weight is 459 g/mol. The Labute approximate surface area is 191 Å². The molecular weight excluding hydrogens is 424 g/mol. The Morgan fingerprint density at radius 1 is 1.12 bits per heavy atom. The summed E-state index contributed by atoms with van der Waals surface area (Å²) in [5, 5.41) is 18.0. The van der Waals surface area contributed by atoms with Gasteiger partial charge in [0.1, 0.15) is 16.5 Å². The van der Waals surface area contributed by atoms with E-state index in [1.165, 1.54) is 28.1 Å². The number of likely N-dealkylation sites (tertiary alicyclic amines) is 1. The van der Waals surface area contributed by atoms with Gasteiger partial charge in [0.05, 0.1) is 0 Å². The molecule has 0 saturated carbocycles. The molecule has 0 aliphatic carbocycles. The number of hydrogen-bond acceptors (Lipinski definition) is 5. The van der Waals surface area contributed by atoms with Crippen molar-refractivity contribution in [1.29, 1.82) is 5.41 Å². The Balaban J connectivity index is 1.83. The molecule has 3 rings (SSSR count). The highest BCUT2D eigenvalue weighted by Crippen LogP contribution is 2.27. The molecule has 2 aromatic rings. The third-order valence-corrected chi connectivity index (χ3v) is 7.98. The van der Waals surface area contributed by atoms with Crippen molar-refractivity contribution in [3.63, 3.8) is 0 Å². The van der Waals surface area contributed by atoms with Crippen molar-refractivity contribution in [1.82, 2.24) is 9.21 Å². The van der Waals surface area contributed by atoms with Crippen LogP contribution in [0.3, 0.4) is 0 Å². The molecule has 0 spiro atoms. The minimum absolute atomic E-state index is 0.207. The fourth-order valence-corrected chi connectivity index (χ4v) is 5.50. The van der Waals surface area contributed by atoms with Gasteiger partial charge < -0.3 is 15.7 Å². The second-order valence-corrected chi connectivity index (χ2v) is 10.6. The number of sulfonamides is 1. The zero-order valence-electron chi connectivity index (χ0n) is 18.9. The van der Waals surface area contributed by atoms with Crippen molar-refractivity contribution in [2.75, 3.05) is 32.7 Å². The number of nitrogen functional groups attached to an aromatic ring is 1. The maximum absolute atomic E-state index is 13.5. The summed E-state index contributed by atoms with van der Waals surface area (Å²) in [6.45, 7) is 7.55. The smallest absolute Gasteiger partial charge is 0.246 e. The van der Waals surface area contributed by atoms with E-state index in [2.05, 4.69) is 43.0 Å². The van der Waals surface area contributed by atoms with Crippen molar-refractivity contribution < 1.29 is 13.5 Å². The Kier molecular flexibility index (Phi) is 7.92. The number of phenols is 1. The topological polar surface area (TPSA) is 111 Å². The third kappa shape index (κ3) is 5.88. The molecule has 1 aliphatic rings. The number of nitrogens with one attached hydrogen (secondary N) is 1. The van der Waals surface area contributed by atoms with E-state index < -0.39 is 10.0 Å². The molecule has 0 unspecified atom stereocenters. The summed E-state index contributed by atoms with van der Waals surface area (Å²) in [6, 6.07) is 12.3. The average Bonchev–Trinajstić information content (AvgIpc) is 3.27. The molecule has 0 aromatic heterocycles. The number of rotatable bonds is 10. The third-order valence-electron chi connectivity index (χ3n) is 6.05. The Morgan fingerprint density at radius 3 is 2.38 bits per heavy atom. The zero-order chi connectivity index (χ0) is 23.3. The van der Waals surface area contributed by atoms with Gasteiger partial charge in [-0.3, -0.25) is 5.41 Å². The molecule has 0 amide bonds. The summed E-state index contributed by atoms with van der Waals surface area (Å²) in [7, 11) is -3.97. The highest BCUT2D eigenvalue weighted by molar-refractivity contribution is 7.89. The second-order valence-electron chi connectivity index (χ2n) is 8.70. The molecule has 1 fully saturated rings. The van der Waals surface area contributed by atoms with Crippen LogP contribution in [0, 0.1) is 5.41 Å². The van der Waals surface area contributed by atoms with E-state index in [1.54, 1.807) is 0 Å². The summed E-state index contributed by atoms with van der Waals surface area (Å²) in [5.41, 5.74) is 8.13. The van der Waals surface area contributed by atoms with Crippen molar-refractivity contribution in [3.05, 3.63) is 59.2 Å². The largest absolute Gasteiger partial charge is 0.507 e. The van der Waals surface area contributed by atoms with Crippen LogP contribution < -0.4 is 5.73 Å². The number of amidine groups is 1. The van der Waals surface area contributed by atoms with Crippen LogP contribution in [0.5, 0.6) is 5.75 Å². The van der Waals surface area contributed by atoms with E-state index in [4.69, 9.17) is 11.1 Å². The molecule has 2 aromatic carbocycles. The molecule has 0 radical (unpaired) electrons. The van der Waals surface area contributed by atoms with Crippen LogP contribution in [0.15, 0.2) is 47.4 Å². The van der Waals surface area contributed by atoms with Gasteiger partial charge in [-0.1, -0.05) is 38.1 Å². The van der Waals surface area contributed by atoms with E-state index in [1.807, 2.05) is 0 Å². The zero-order valence-corrected chi connectivity index (χ0v) is 19.7. The Morgan fingerprint density at radius 2 is 1.78 bits per heavy atom. The fourth-order valence-electron chi connectivity index (χ4n) is 3.96. The molecule has 8 heteroatoms. The van der Waals surface area contributed by atoms with Crippen LogP contribution in [-0.2, 0) is 16.4 Å². The van der Waals surface area contributed by atoms with E-state index >= 15 is 0 Å². The van der Waals surface area contributed by atoms with Crippen molar-refractivity contribution in [3.8, 4) is 5.75 Å². The number of phenolic OH excluding ortho intramolecular Hbond substituents is 1. The van der Waals surface area contributed by atoms with E-state index in [-0.39, 0.29) is 22.0 Å². The maximum atomic E-state index is 13.5. The quantitative estimate of drug-likeness (QED) is 0.374. The lowest BCUT2D eigenvalue weighted by molar-refractivity contribution is 0.295. The van der Waals surface area contributed by atoms with Gasteiger partial charge in [0.2, 0.25) is 10.0 Å². The summed E-state index contributed by atoms with van der Waals surface area (Å²) >= 11 is 0. The maximum Gasteiger partial charge on any atom is 0.246 e. The SMILES string of the molecule is CC(C)c1ccc(CCN(CCN2CCCC2)S(=O)(=O)c2cc(C(=N)N)ccc2O)cc1. The van der Waals surface area contributed by atoms with Gasteiger partial charge in [-0.05, 0) is 67.6 Å². The molecule has 7 nitrogen and oxygen atoms in total. The van der Waals surface area contributed by atoms with Crippen molar-refractivity contribution >= 4 is 15.9 Å². The molecule has 0 atom stereocenters. The van der Waals surface area contributed by atoms with Gasteiger partial charge >= 0.3 is 0 Å². The van der Waals surface area contributed by atoms with Crippen LogP contribution >= 0.6 is 0 Å². The second kappa shape index (κ2) is 10.5. The van der Waals surface area contributed by atoms with Gasteiger partial charge in [-0.15, -0.1) is 0 Å². The Hall–Kier alpha value is -2.42. The number of nitrogens with zero attached hydrogens (tertiary/aromatic N) is 2. The monoisotopic (exact) mass is 458 g/mol. The van der Waals surface area contributed by atoms with E-state index in [9.17, 15) is 13.5 Å². The molecular formula is C24H34N4O3S. The van der Waals surface area contributed by atoms with Crippen LogP contribution in [0.1, 0.15) is 49.3 Å². The first-order valence-electron chi connectivity index (χ1n) is 11.2. The first-order chi connectivity index (χ1) is 15.2. The predicted molar refractivity (Wildman–Crippen MR) is 128 cm³/mol. The van der Waals surface area contributed by atoms with Gasteiger partial charge in [0.25, 0.3) is 0 Å². The standard InChI is InChI=1S/C24H34N4O3S/c1-18(2)20-7-5-19(6-8-20)11-14-28(16-15-27-12-3-4-13-27)32(30,31)23-17-21(24(25)26)9-10-22(23)29/h5-10,17-18,29H,3-4,11-16H2,1-2H3,(H3,25,26). The molecule has 1 aliphatic heterocycles. The summed E-state index contributed by atoms with van der Waals surface area (Å²) < 4.78 is 28.5. The number of benzene rings is 2. The number of hydrogen-bond donors (Lipinski definition) is 3. The highest BCUT2D eigenvalue weighted by atomic mass is 32.2. The molecule has 32 heavy (non-hydrogen) atoms. The van der Waals surface area contributed by atoms with Crippen molar-refractivity contribution in [2.45, 2.75) is 43.9 Å². The minimum Gasteiger partial charge on any atom is -0.507 e. The van der Waals surface area contributed by atoms with E-state index in [0.717, 1.165) is 31.5 Å². The number of aromatic hydroxyl groups is 1. The first-order valence-corrected chi connectivity index (χ1v) is 12.6. The van der Waals surface area contributed by atoms with Gasteiger partial charge in [-0.25, -0.2) is 8.42 Å². The summed E-state index contributed by atoms with van der Waals surface area (Å²) in [5.74, 6) is -0.129. The van der Waals surface area contributed by atoms with Gasteiger partial charge in [0.15, 0.2) is 0 Å². The minimum atomic E-state index is -3.97.